The molecule has 2 aromatic rings. The summed E-state index contributed by atoms with van der Waals surface area (Å²) in [5.74, 6) is 0.323. The number of rotatable bonds is 4. The second-order valence-electron chi connectivity index (χ2n) is 4.04. The van der Waals surface area contributed by atoms with E-state index < -0.39 is 0 Å². The van der Waals surface area contributed by atoms with Crippen molar-refractivity contribution in [3.05, 3.63) is 36.0 Å². The van der Waals surface area contributed by atoms with Gasteiger partial charge in [0, 0.05) is 17.1 Å². The fourth-order valence-electron chi connectivity index (χ4n) is 1.82. The molecule has 0 unspecified atom stereocenters. The molecule has 0 fully saturated rings. The zero-order valence-corrected chi connectivity index (χ0v) is 10.3. The number of benzene rings is 1. The molecule has 0 saturated carbocycles. The van der Waals surface area contributed by atoms with Crippen LogP contribution >= 0.6 is 0 Å². The van der Waals surface area contributed by atoms with Crippen molar-refractivity contribution in [1.29, 1.82) is 0 Å². The lowest BCUT2D eigenvalue weighted by atomic mass is 10.0. The van der Waals surface area contributed by atoms with Crippen molar-refractivity contribution in [3.63, 3.8) is 0 Å². The molecule has 0 atom stereocenters. The third kappa shape index (κ3) is 2.37. The van der Waals surface area contributed by atoms with Gasteiger partial charge in [-0.1, -0.05) is 0 Å². The highest BCUT2D eigenvalue weighted by Gasteiger charge is 2.13. The lowest BCUT2D eigenvalue weighted by molar-refractivity contribution is -0.116. The second-order valence-corrected chi connectivity index (χ2v) is 4.04. The Balaban J connectivity index is 2.55. The molecule has 0 spiro atoms. The van der Waals surface area contributed by atoms with Gasteiger partial charge in [0.1, 0.15) is 11.5 Å². The van der Waals surface area contributed by atoms with Gasteiger partial charge in [0.2, 0.25) is 0 Å². The number of hydrogen-bond acceptors (Lipinski definition) is 4. The third-order valence-electron chi connectivity index (χ3n) is 2.66. The summed E-state index contributed by atoms with van der Waals surface area (Å²) in [7, 11) is 1.56. The Morgan fingerprint density at radius 3 is 2.72 bits per heavy atom. The minimum atomic E-state index is -0.192. The van der Waals surface area contributed by atoms with E-state index in [1.165, 1.54) is 6.92 Å². The number of carbonyl (C=O) groups excluding carboxylic acids is 2. The quantitative estimate of drug-likeness (QED) is 0.611. The SMILES string of the molecule is COc1ccc2nccc(C(=O)CC(C)=O)c2c1. The van der Waals surface area contributed by atoms with Crippen LogP contribution < -0.4 is 4.74 Å². The molecule has 4 heteroatoms. The molecule has 4 nitrogen and oxygen atoms in total. The largest absolute Gasteiger partial charge is 0.497 e. The van der Waals surface area contributed by atoms with Gasteiger partial charge < -0.3 is 4.74 Å². The molecule has 18 heavy (non-hydrogen) atoms. The summed E-state index contributed by atoms with van der Waals surface area (Å²) in [5.41, 5.74) is 1.22. The zero-order chi connectivity index (χ0) is 13.1. The molecule has 1 aromatic carbocycles. The van der Waals surface area contributed by atoms with Gasteiger partial charge in [-0.3, -0.25) is 14.6 Å². The molecule has 0 amide bonds. The van der Waals surface area contributed by atoms with Crippen molar-refractivity contribution < 1.29 is 14.3 Å². The third-order valence-corrected chi connectivity index (χ3v) is 2.66. The average molecular weight is 243 g/mol. The normalized spacial score (nSPS) is 10.3. The van der Waals surface area contributed by atoms with Gasteiger partial charge in [-0.05, 0) is 31.2 Å². The van der Waals surface area contributed by atoms with E-state index in [2.05, 4.69) is 4.98 Å². The average Bonchev–Trinajstić information content (AvgIpc) is 2.36. The predicted molar refractivity (Wildman–Crippen MR) is 67.9 cm³/mol. The molecular formula is C14H13NO3. The van der Waals surface area contributed by atoms with Crippen LogP contribution in [0.25, 0.3) is 10.9 Å². The standard InChI is InChI=1S/C14H13NO3/c1-9(16)7-14(17)11-5-6-15-13-4-3-10(18-2)8-12(11)13/h3-6,8H,7H2,1-2H3. The van der Waals surface area contributed by atoms with Crippen molar-refractivity contribution in [2.45, 2.75) is 13.3 Å². The van der Waals surface area contributed by atoms with Gasteiger partial charge in [-0.15, -0.1) is 0 Å². The molecule has 0 N–H and O–H groups in total. The first kappa shape index (κ1) is 12.2. The van der Waals surface area contributed by atoms with Crippen molar-refractivity contribution in [2.24, 2.45) is 0 Å². The lowest BCUT2D eigenvalue weighted by Gasteiger charge is -2.06. The number of ketones is 2. The van der Waals surface area contributed by atoms with Crippen molar-refractivity contribution in [2.75, 3.05) is 7.11 Å². The fourth-order valence-corrected chi connectivity index (χ4v) is 1.82. The zero-order valence-electron chi connectivity index (χ0n) is 10.3. The van der Waals surface area contributed by atoms with Gasteiger partial charge in [-0.2, -0.15) is 0 Å². The van der Waals surface area contributed by atoms with Gasteiger partial charge in [0.25, 0.3) is 0 Å². The number of ether oxygens (including phenoxy) is 1. The Morgan fingerprint density at radius 1 is 1.28 bits per heavy atom. The number of fused-ring (bicyclic) bond motifs is 1. The molecule has 92 valence electrons. The highest BCUT2D eigenvalue weighted by atomic mass is 16.5. The van der Waals surface area contributed by atoms with E-state index in [0.717, 1.165) is 0 Å². The molecule has 1 heterocycles. The first-order valence-corrected chi connectivity index (χ1v) is 5.57. The molecule has 0 saturated heterocycles. The van der Waals surface area contributed by atoms with Crippen LogP contribution in [0, 0.1) is 0 Å². The van der Waals surface area contributed by atoms with Crippen molar-refractivity contribution >= 4 is 22.5 Å². The van der Waals surface area contributed by atoms with Crippen molar-refractivity contribution in [3.8, 4) is 5.75 Å². The summed E-state index contributed by atoms with van der Waals surface area (Å²) in [6.07, 6.45) is 1.48. The molecule has 0 aliphatic heterocycles. The van der Waals surface area contributed by atoms with Crippen LogP contribution in [0.15, 0.2) is 30.5 Å². The number of hydrogen-bond donors (Lipinski definition) is 0. The number of pyridine rings is 1. The van der Waals surface area contributed by atoms with Gasteiger partial charge in [-0.25, -0.2) is 0 Å². The molecule has 0 radical (unpaired) electrons. The summed E-state index contributed by atoms with van der Waals surface area (Å²) in [6, 6.07) is 6.97. The summed E-state index contributed by atoms with van der Waals surface area (Å²) < 4.78 is 5.13. The first-order chi connectivity index (χ1) is 8.61. The highest BCUT2D eigenvalue weighted by Crippen LogP contribution is 2.23. The van der Waals surface area contributed by atoms with Crippen LogP contribution in [-0.2, 0) is 4.79 Å². The Bertz CT molecular complexity index is 619. The van der Waals surface area contributed by atoms with Crippen LogP contribution in [0.2, 0.25) is 0 Å². The topological polar surface area (TPSA) is 56.3 Å². The molecule has 0 aliphatic rings. The Hall–Kier alpha value is -2.23. The highest BCUT2D eigenvalue weighted by molar-refractivity contribution is 6.13. The van der Waals surface area contributed by atoms with E-state index in [9.17, 15) is 9.59 Å². The number of nitrogens with zero attached hydrogens (tertiary/aromatic N) is 1. The van der Waals surface area contributed by atoms with Gasteiger partial charge in [0.15, 0.2) is 5.78 Å². The number of aromatic nitrogens is 1. The minimum Gasteiger partial charge on any atom is -0.497 e. The predicted octanol–water partition coefficient (Wildman–Crippen LogP) is 2.41. The summed E-state index contributed by atoms with van der Waals surface area (Å²) >= 11 is 0. The maximum absolute atomic E-state index is 12.0. The van der Waals surface area contributed by atoms with Crippen LogP contribution in [-0.4, -0.2) is 23.7 Å². The molecule has 1 aromatic heterocycles. The summed E-state index contributed by atoms with van der Waals surface area (Å²) in [6.45, 7) is 1.40. The van der Waals surface area contributed by atoms with Crippen LogP contribution in [0.3, 0.4) is 0 Å². The smallest absolute Gasteiger partial charge is 0.170 e. The maximum atomic E-state index is 12.0. The maximum Gasteiger partial charge on any atom is 0.170 e. The minimum absolute atomic E-state index is 0.0870. The summed E-state index contributed by atoms with van der Waals surface area (Å²) in [5, 5.41) is 0.711. The van der Waals surface area contributed by atoms with Crippen molar-refractivity contribution in [1.82, 2.24) is 4.98 Å². The lowest BCUT2D eigenvalue weighted by Crippen LogP contribution is -2.06. The van der Waals surface area contributed by atoms with Crippen LogP contribution in [0.5, 0.6) is 5.75 Å². The fraction of sp³-hybridized carbons (Fsp3) is 0.214. The van der Waals surface area contributed by atoms with Gasteiger partial charge in [0.05, 0.1) is 19.0 Å². The number of methoxy groups -OCH3 is 1. The Labute approximate surface area is 105 Å². The summed E-state index contributed by atoms with van der Waals surface area (Å²) in [4.78, 5) is 27.2. The molecule has 2 rings (SSSR count). The molecule has 0 bridgehead atoms. The number of Topliss-reactive ketones (excluding diaryl/α,β-unsaturated/α-hetero) is 2. The van der Waals surface area contributed by atoms with Crippen LogP contribution in [0.4, 0.5) is 0 Å². The van der Waals surface area contributed by atoms with Crippen LogP contribution in [0.1, 0.15) is 23.7 Å². The van der Waals surface area contributed by atoms with Gasteiger partial charge >= 0.3 is 0 Å². The monoisotopic (exact) mass is 243 g/mol. The first-order valence-electron chi connectivity index (χ1n) is 5.57. The molecule has 0 aliphatic carbocycles. The Morgan fingerprint density at radius 2 is 2.06 bits per heavy atom. The Kier molecular flexibility index (Phi) is 3.37. The molecular weight excluding hydrogens is 230 g/mol. The van der Waals surface area contributed by atoms with E-state index in [-0.39, 0.29) is 18.0 Å². The van der Waals surface area contributed by atoms with E-state index in [4.69, 9.17) is 4.74 Å². The van der Waals surface area contributed by atoms with E-state index in [0.29, 0.717) is 22.2 Å². The second kappa shape index (κ2) is 4.96. The van der Waals surface area contributed by atoms with E-state index in [1.807, 2.05) is 0 Å². The number of carbonyl (C=O) groups is 2. The van der Waals surface area contributed by atoms with E-state index in [1.54, 1.807) is 37.6 Å². The van der Waals surface area contributed by atoms with E-state index >= 15 is 0 Å².